The summed E-state index contributed by atoms with van der Waals surface area (Å²) in [6.45, 7) is 5.64. The van der Waals surface area contributed by atoms with Crippen LogP contribution in [0.25, 0.3) is 0 Å². The van der Waals surface area contributed by atoms with E-state index in [0.717, 1.165) is 25.3 Å². The first-order chi connectivity index (χ1) is 7.38. The highest BCUT2D eigenvalue weighted by Gasteiger charge is 2.10. The molecule has 4 nitrogen and oxygen atoms in total. The van der Waals surface area contributed by atoms with Crippen molar-refractivity contribution in [2.75, 3.05) is 26.7 Å². The molecule has 2 heterocycles. The van der Waals surface area contributed by atoms with Gasteiger partial charge in [-0.25, -0.2) is 4.98 Å². The lowest BCUT2D eigenvalue weighted by Crippen LogP contribution is -2.23. The van der Waals surface area contributed by atoms with Crippen molar-refractivity contribution in [3.63, 3.8) is 0 Å². The van der Waals surface area contributed by atoms with Crippen molar-refractivity contribution < 1.29 is 0 Å². The molecule has 1 aromatic rings. The molecular weight excluding hydrogens is 188 g/mol. The molecule has 0 aliphatic carbocycles. The van der Waals surface area contributed by atoms with Gasteiger partial charge in [-0.2, -0.15) is 0 Å². The first kappa shape index (κ1) is 10.6. The second kappa shape index (κ2) is 5.28. The summed E-state index contributed by atoms with van der Waals surface area (Å²) in [5, 5.41) is 3.11. The summed E-state index contributed by atoms with van der Waals surface area (Å²) in [6.07, 6.45) is 6.80. The van der Waals surface area contributed by atoms with Crippen LogP contribution in [0.1, 0.15) is 18.5 Å². The molecule has 0 atom stereocenters. The van der Waals surface area contributed by atoms with E-state index in [9.17, 15) is 0 Å². The van der Waals surface area contributed by atoms with Gasteiger partial charge in [0, 0.05) is 25.8 Å². The van der Waals surface area contributed by atoms with Crippen molar-refractivity contribution in [3.8, 4) is 0 Å². The van der Waals surface area contributed by atoms with Crippen molar-refractivity contribution >= 4 is 0 Å². The van der Waals surface area contributed by atoms with Gasteiger partial charge in [0.2, 0.25) is 0 Å². The molecule has 0 aromatic carbocycles. The van der Waals surface area contributed by atoms with Crippen LogP contribution in [0.3, 0.4) is 0 Å². The van der Waals surface area contributed by atoms with Crippen LogP contribution in [0.4, 0.5) is 0 Å². The fourth-order valence-electron chi connectivity index (χ4n) is 2.06. The van der Waals surface area contributed by atoms with Crippen molar-refractivity contribution in [1.29, 1.82) is 0 Å². The Morgan fingerprint density at radius 1 is 1.33 bits per heavy atom. The Kier molecular flexibility index (Phi) is 3.75. The van der Waals surface area contributed by atoms with E-state index < -0.39 is 0 Å². The number of hydrogen-bond acceptors (Lipinski definition) is 3. The van der Waals surface area contributed by atoms with Gasteiger partial charge in [-0.15, -0.1) is 0 Å². The third-order valence-electron chi connectivity index (χ3n) is 2.92. The predicted octanol–water partition coefficient (Wildman–Crippen LogP) is 0.698. The topological polar surface area (TPSA) is 33.1 Å². The molecular formula is C11H20N4. The molecule has 0 saturated carbocycles. The van der Waals surface area contributed by atoms with Gasteiger partial charge in [-0.3, -0.25) is 0 Å². The van der Waals surface area contributed by atoms with Crippen LogP contribution in [0.5, 0.6) is 0 Å². The lowest BCUT2D eigenvalue weighted by atomic mass is 10.4. The molecule has 1 N–H and O–H groups in total. The summed E-state index contributed by atoms with van der Waals surface area (Å²) in [7, 11) is 1.95. The number of aromatic nitrogens is 2. The Hall–Kier alpha value is -0.870. The highest BCUT2D eigenvalue weighted by atomic mass is 15.2. The molecule has 1 aliphatic heterocycles. The maximum Gasteiger partial charge on any atom is 0.0950 e. The average Bonchev–Trinajstić information content (AvgIpc) is 2.85. The first-order valence-corrected chi connectivity index (χ1v) is 5.76. The first-order valence-electron chi connectivity index (χ1n) is 5.76. The minimum Gasteiger partial charge on any atom is -0.336 e. The van der Waals surface area contributed by atoms with Crippen molar-refractivity contribution in [3.05, 3.63) is 18.2 Å². The minimum absolute atomic E-state index is 0.858. The smallest absolute Gasteiger partial charge is 0.0950 e. The quantitative estimate of drug-likeness (QED) is 0.773. The molecule has 1 aromatic heterocycles. The Bertz CT molecular complexity index is 289. The van der Waals surface area contributed by atoms with Crippen LogP contribution < -0.4 is 5.32 Å². The van der Waals surface area contributed by atoms with Gasteiger partial charge in [0.15, 0.2) is 0 Å². The number of likely N-dealkylation sites (tertiary alicyclic amines) is 1. The van der Waals surface area contributed by atoms with E-state index in [1.807, 2.05) is 13.4 Å². The number of imidazole rings is 1. The third kappa shape index (κ3) is 3.04. The highest BCUT2D eigenvalue weighted by molar-refractivity contribution is 4.95. The largest absolute Gasteiger partial charge is 0.336 e. The van der Waals surface area contributed by atoms with E-state index in [2.05, 4.69) is 26.0 Å². The van der Waals surface area contributed by atoms with E-state index in [-0.39, 0.29) is 0 Å². The van der Waals surface area contributed by atoms with Crippen LogP contribution in [-0.2, 0) is 13.1 Å². The second-order valence-corrected chi connectivity index (χ2v) is 4.18. The lowest BCUT2D eigenvalue weighted by molar-refractivity contribution is 0.322. The normalized spacial score (nSPS) is 17.4. The number of rotatable bonds is 5. The molecule has 0 bridgehead atoms. The molecule has 1 saturated heterocycles. The van der Waals surface area contributed by atoms with Crippen molar-refractivity contribution in [2.24, 2.45) is 0 Å². The van der Waals surface area contributed by atoms with Crippen LogP contribution in [0, 0.1) is 0 Å². The Balaban J connectivity index is 1.77. The molecule has 2 rings (SSSR count). The average molecular weight is 208 g/mol. The van der Waals surface area contributed by atoms with Crippen molar-refractivity contribution in [1.82, 2.24) is 19.8 Å². The SMILES string of the molecule is CNCc1cn(CCN2CCCC2)cn1. The molecule has 0 spiro atoms. The van der Waals surface area contributed by atoms with E-state index in [1.54, 1.807) is 0 Å². The summed E-state index contributed by atoms with van der Waals surface area (Å²) >= 11 is 0. The van der Waals surface area contributed by atoms with Gasteiger partial charge in [-0.05, 0) is 33.0 Å². The van der Waals surface area contributed by atoms with Crippen LogP contribution >= 0.6 is 0 Å². The molecule has 1 aliphatic rings. The van der Waals surface area contributed by atoms with Crippen LogP contribution in [0.2, 0.25) is 0 Å². The number of nitrogens with zero attached hydrogens (tertiary/aromatic N) is 3. The Morgan fingerprint density at radius 2 is 2.13 bits per heavy atom. The fourth-order valence-corrected chi connectivity index (χ4v) is 2.06. The zero-order valence-electron chi connectivity index (χ0n) is 9.45. The van der Waals surface area contributed by atoms with Gasteiger partial charge >= 0.3 is 0 Å². The summed E-state index contributed by atoms with van der Waals surface area (Å²) in [5.41, 5.74) is 1.12. The zero-order valence-corrected chi connectivity index (χ0v) is 9.45. The molecule has 0 amide bonds. The molecule has 84 valence electrons. The number of nitrogens with one attached hydrogen (secondary N) is 1. The van der Waals surface area contributed by atoms with E-state index in [1.165, 1.54) is 25.9 Å². The van der Waals surface area contributed by atoms with Crippen LogP contribution in [-0.4, -0.2) is 41.1 Å². The lowest BCUT2D eigenvalue weighted by Gasteiger charge is -2.14. The summed E-state index contributed by atoms with van der Waals surface area (Å²) < 4.78 is 2.19. The predicted molar refractivity (Wildman–Crippen MR) is 60.7 cm³/mol. The maximum atomic E-state index is 4.33. The number of hydrogen-bond donors (Lipinski definition) is 1. The van der Waals surface area contributed by atoms with Gasteiger partial charge in [0.1, 0.15) is 0 Å². The van der Waals surface area contributed by atoms with Gasteiger partial charge in [-0.1, -0.05) is 0 Å². The van der Waals surface area contributed by atoms with Crippen molar-refractivity contribution in [2.45, 2.75) is 25.9 Å². The summed E-state index contributed by atoms with van der Waals surface area (Å²) in [4.78, 5) is 6.86. The van der Waals surface area contributed by atoms with Gasteiger partial charge < -0.3 is 14.8 Å². The van der Waals surface area contributed by atoms with Gasteiger partial charge in [0.25, 0.3) is 0 Å². The van der Waals surface area contributed by atoms with E-state index in [4.69, 9.17) is 0 Å². The highest BCUT2D eigenvalue weighted by Crippen LogP contribution is 2.07. The molecule has 4 heteroatoms. The molecule has 15 heavy (non-hydrogen) atoms. The minimum atomic E-state index is 0.858. The molecule has 0 radical (unpaired) electrons. The standard InChI is InChI=1S/C11H20N4/c1-12-8-11-9-15(10-13-11)7-6-14-4-2-3-5-14/h9-10,12H,2-8H2,1H3. The van der Waals surface area contributed by atoms with E-state index in [0.29, 0.717) is 0 Å². The summed E-state index contributed by atoms with van der Waals surface area (Å²) in [6, 6.07) is 0. The van der Waals surface area contributed by atoms with Crippen LogP contribution in [0.15, 0.2) is 12.5 Å². The van der Waals surface area contributed by atoms with Gasteiger partial charge in [0.05, 0.1) is 12.0 Å². The second-order valence-electron chi connectivity index (χ2n) is 4.18. The third-order valence-corrected chi connectivity index (χ3v) is 2.92. The van der Waals surface area contributed by atoms with E-state index >= 15 is 0 Å². The Labute approximate surface area is 91.3 Å². The fraction of sp³-hybridized carbons (Fsp3) is 0.727. The monoisotopic (exact) mass is 208 g/mol. The molecule has 1 fully saturated rings. The zero-order chi connectivity index (χ0) is 10.5. The Morgan fingerprint density at radius 3 is 2.87 bits per heavy atom. The summed E-state index contributed by atoms with van der Waals surface area (Å²) in [5.74, 6) is 0. The maximum absolute atomic E-state index is 4.33. The molecule has 0 unspecified atom stereocenters.